The molecule has 0 aromatic heterocycles. The third kappa shape index (κ3) is 10.7. The summed E-state index contributed by atoms with van der Waals surface area (Å²) in [6.07, 6.45) is -34.5. The summed E-state index contributed by atoms with van der Waals surface area (Å²) in [6.45, 7) is 13.3. The Hall–Kier alpha value is -1.83. The Morgan fingerprint density at radius 2 is 1.10 bits per heavy atom. The van der Waals surface area contributed by atoms with Gasteiger partial charge in [-0.15, -0.1) is 0 Å². The van der Waals surface area contributed by atoms with Crippen LogP contribution in [0.25, 0.3) is 0 Å². The summed E-state index contributed by atoms with van der Waals surface area (Å²) in [5, 5.41) is 155. The molecule has 11 aliphatic rings. The van der Waals surface area contributed by atoms with Crippen molar-refractivity contribution in [2.75, 3.05) is 33.5 Å². The Morgan fingerprint density at radius 1 is 0.534 bits per heavy atom. The third-order valence-corrected chi connectivity index (χ3v) is 23.1. The van der Waals surface area contributed by atoms with Crippen LogP contribution in [-0.4, -0.2) is 288 Å². The van der Waals surface area contributed by atoms with Crippen molar-refractivity contribution in [3.8, 4) is 0 Å². The molecule has 34 atom stereocenters. The average molecular weight is 1270 g/mol. The first-order valence-corrected chi connectivity index (χ1v) is 31.4. The number of esters is 1. The van der Waals surface area contributed by atoms with Crippen molar-refractivity contribution >= 4 is 5.97 Å². The Kier molecular flexibility index (Phi) is 19.0. The summed E-state index contributed by atoms with van der Waals surface area (Å²) in [4.78, 5) is 14.7. The minimum absolute atomic E-state index is 0.0402. The van der Waals surface area contributed by atoms with Crippen LogP contribution >= 0.6 is 0 Å². The number of carbonyl (C=O) groups is 1. The summed E-state index contributed by atoms with van der Waals surface area (Å²) in [7, 11) is 1.19. The Labute approximate surface area is 510 Å². The Bertz CT molecular complexity index is 2490. The van der Waals surface area contributed by atoms with Gasteiger partial charge in [-0.05, 0) is 107 Å². The molecule has 7 heterocycles. The molecule has 28 heteroatoms. The number of rotatable bonds is 15. The molecule has 0 radical (unpaired) electrons. The van der Waals surface area contributed by atoms with E-state index in [1.807, 2.05) is 13.0 Å². The highest BCUT2D eigenvalue weighted by Gasteiger charge is 2.80. The summed E-state index contributed by atoms with van der Waals surface area (Å²) in [5.74, 6) is -0.721. The lowest BCUT2D eigenvalue weighted by molar-refractivity contribution is -0.394. The molecule has 1 spiro atoms. The molecule has 7 aliphatic heterocycles. The van der Waals surface area contributed by atoms with Gasteiger partial charge in [-0.25, -0.2) is 0 Å². The molecule has 0 bridgehead atoms. The zero-order valence-corrected chi connectivity index (χ0v) is 51.4. The van der Waals surface area contributed by atoms with Crippen molar-refractivity contribution in [3.05, 3.63) is 11.6 Å². The van der Waals surface area contributed by atoms with Crippen molar-refractivity contribution in [3.63, 3.8) is 0 Å². The van der Waals surface area contributed by atoms with Crippen molar-refractivity contribution in [2.24, 2.45) is 39.4 Å². The van der Waals surface area contributed by atoms with Crippen LogP contribution in [0.15, 0.2) is 11.6 Å². The van der Waals surface area contributed by atoms with Crippen molar-refractivity contribution in [1.82, 2.24) is 0 Å². The van der Waals surface area contributed by atoms with E-state index in [0.717, 1.165) is 37.7 Å². The van der Waals surface area contributed by atoms with E-state index in [2.05, 4.69) is 41.5 Å². The van der Waals surface area contributed by atoms with Gasteiger partial charge in [0.25, 0.3) is 0 Å². The van der Waals surface area contributed by atoms with Gasteiger partial charge < -0.3 is 133 Å². The maximum atomic E-state index is 14.7. The van der Waals surface area contributed by atoms with Crippen LogP contribution in [-0.2, 0) is 66.4 Å². The van der Waals surface area contributed by atoms with Crippen molar-refractivity contribution < 1.29 is 138 Å². The predicted octanol–water partition coefficient (Wildman–Crippen LogP) is -3.38. The van der Waals surface area contributed by atoms with E-state index < -0.39 is 213 Å². The van der Waals surface area contributed by atoms with Crippen LogP contribution in [0.5, 0.6) is 0 Å². The molecule has 0 aromatic carbocycles. The van der Waals surface area contributed by atoms with Gasteiger partial charge in [-0.2, -0.15) is 0 Å². The van der Waals surface area contributed by atoms with Gasteiger partial charge >= 0.3 is 5.97 Å². The zero-order chi connectivity index (χ0) is 63.9. The maximum Gasteiger partial charge on any atom is 0.316 e. The van der Waals surface area contributed by atoms with Crippen molar-refractivity contribution in [1.29, 1.82) is 0 Å². The van der Waals surface area contributed by atoms with E-state index in [-0.39, 0.29) is 35.4 Å². The lowest BCUT2D eigenvalue weighted by Gasteiger charge is -2.64. The molecule has 1 unspecified atom stereocenters. The summed E-state index contributed by atoms with van der Waals surface area (Å²) < 4.78 is 79.1. The van der Waals surface area contributed by atoms with Crippen LogP contribution in [0.1, 0.15) is 107 Å². The molecule has 7 saturated heterocycles. The SMILES string of the molecule is CO[C@@H]1[C@@H](O)[C@H](O[C@@H]2[C@@H](O)[C@H](O[C@H]3[C@H](O)[C@@H](O)[C@H](O[C@H]4[C@H](O[C@H]5CC[C@]6(C)C7=C[C@H](O)[C@]89C(=O)O[C@@](C)(C%10CCC(C)(C)O%10)[C@H]8CC[C@@]9(C)[C@@H]7CC[C@H]6C5(C)C)OC[C@@H](O[C@@H]5O[C@H](CO)[C@@H](O)[C@H](O)[C@H]5O)[C@@H]4O)O[C@@H]3C)O[C@H](CO)[C@H]2O)O[C@H](CO)[C@H]1O. The number of carbonyl (C=O) groups excluding carboxylic acids is 1. The van der Waals surface area contributed by atoms with Gasteiger partial charge in [-0.3, -0.25) is 4.79 Å². The molecule has 10 fully saturated rings. The minimum atomic E-state index is -2.02. The van der Waals surface area contributed by atoms with Crippen LogP contribution < -0.4 is 0 Å². The van der Waals surface area contributed by atoms with E-state index in [1.54, 1.807) is 0 Å². The molecular formula is C60H96O28. The highest BCUT2D eigenvalue weighted by atomic mass is 16.8. The molecule has 28 nitrogen and oxygen atoms in total. The number of fused-ring (bicyclic) bond motifs is 4. The van der Waals surface area contributed by atoms with E-state index in [4.69, 9.17) is 61.6 Å². The van der Waals surface area contributed by atoms with E-state index in [1.165, 1.54) is 14.0 Å². The highest BCUT2D eigenvalue weighted by Crippen LogP contribution is 2.76. The Morgan fingerprint density at radius 3 is 1.72 bits per heavy atom. The highest BCUT2D eigenvalue weighted by molar-refractivity contribution is 5.84. The first-order chi connectivity index (χ1) is 41.4. The molecule has 4 aliphatic carbocycles. The fourth-order valence-electron chi connectivity index (χ4n) is 18.2. The number of hydrogen-bond donors (Lipinski definition) is 14. The van der Waals surface area contributed by atoms with Crippen LogP contribution in [0.4, 0.5) is 0 Å². The first kappa shape index (κ1) is 67.6. The molecule has 504 valence electrons. The van der Waals surface area contributed by atoms with Gasteiger partial charge in [0.15, 0.2) is 31.5 Å². The van der Waals surface area contributed by atoms with Gasteiger partial charge in [0.1, 0.15) is 121 Å². The second kappa shape index (κ2) is 24.7. The zero-order valence-electron chi connectivity index (χ0n) is 51.4. The van der Waals surface area contributed by atoms with Crippen LogP contribution in [0.3, 0.4) is 0 Å². The van der Waals surface area contributed by atoms with E-state index in [9.17, 15) is 76.3 Å². The second-order valence-electron chi connectivity index (χ2n) is 28.7. The molecule has 0 amide bonds. The smallest absolute Gasteiger partial charge is 0.316 e. The standard InChI is InChI=1S/C60H96O28/c1-23-45(84-52-44(74)47(37(67)28(21-63)81-52)85-51-43(73)46(76-9)36(66)27(20-62)80-51)40(70)42(72)49(78-23)86-48-38(68)29(82-50-41(71)39(69)35(65)26(19-61)79-50)22-77-53(48)83-33-14-16-57(6)25-18-32(64)60-31(59(8,88-54(60)75)34-13-15-55(2,3)87-34)12-17-58(60,7)24(25)10-11-30(57)56(33,4)5/h18,23-24,26-53,61-74H,10-17,19-22H2,1-9H3/t23-,24-,26-,27-,28-,29-,30+,31-,32+,33+,34?,35-,36-,37-,38+,39+,40-,41-,42-,43-,44-,45-,46+,47+,48-,49+,50+,51+,52+,53+,57-,58+,59-,60+/m1/s1. The van der Waals surface area contributed by atoms with Gasteiger partial charge in [0, 0.05) is 13.0 Å². The summed E-state index contributed by atoms with van der Waals surface area (Å²) >= 11 is 0. The predicted molar refractivity (Wildman–Crippen MR) is 294 cm³/mol. The van der Waals surface area contributed by atoms with Gasteiger partial charge in [0.05, 0.1) is 56.4 Å². The number of aliphatic hydroxyl groups is 14. The minimum Gasteiger partial charge on any atom is -0.456 e. The molecule has 14 N–H and O–H groups in total. The number of allylic oxidation sites excluding steroid dienone is 1. The molecular weight excluding hydrogens is 1170 g/mol. The lowest BCUT2D eigenvalue weighted by atomic mass is 9.40. The lowest BCUT2D eigenvalue weighted by Crippen LogP contribution is -2.67. The van der Waals surface area contributed by atoms with E-state index >= 15 is 0 Å². The number of methoxy groups -OCH3 is 1. The molecule has 0 aromatic rings. The van der Waals surface area contributed by atoms with Gasteiger partial charge in [0.2, 0.25) is 0 Å². The summed E-state index contributed by atoms with van der Waals surface area (Å²) in [5.41, 5.74) is -3.07. The summed E-state index contributed by atoms with van der Waals surface area (Å²) in [6, 6.07) is 0. The van der Waals surface area contributed by atoms with Crippen molar-refractivity contribution in [2.45, 2.75) is 284 Å². The first-order valence-electron chi connectivity index (χ1n) is 31.4. The number of hydrogen-bond acceptors (Lipinski definition) is 28. The molecule has 3 saturated carbocycles. The average Bonchev–Trinajstić information content (AvgIpc) is 1.46. The maximum absolute atomic E-state index is 14.7. The molecule has 88 heavy (non-hydrogen) atoms. The van der Waals surface area contributed by atoms with Crippen LogP contribution in [0.2, 0.25) is 0 Å². The second-order valence-corrected chi connectivity index (χ2v) is 28.7. The fraction of sp³-hybridized carbons (Fsp3) is 0.950. The fourth-order valence-corrected chi connectivity index (χ4v) is 18.2. The number of cyclic esters (lactones) is 1. The van der Waals surface area contributed by atoms with Crippen LogP contribution in [0, 0.1) is 39.4 Å². The number of aliphatic hydroxyl groups excluding tert-OH is 14. The monoisotopic (exact) mass is 1260 g/mol. The number of ether oxygens (including phenoxy) is 13. The Balaban J connectivity index is 0.818. The van der Waals surface area contributed by atoms with E-state index in [0.29, 0.717) is 19.3 Å². The topological polar surface area (TPSA) is 420 Å². The quantitative estimate of drug-likeness (QED) is 0.0432. The third-order valence-electron chi connectivity index (χ3n) is 23.1. The molecule has 11 rings (SSSR count). The normalized spacial score (nSPS) is 55.0. The largest absolute Gasteiger partial charge is 0.456 e. The van der Waals surface area contributed by atoms with Gasteiger partial charge in [-0.1, -0.05) is 39.3 Å².